The highest BCUT2D eigenvalue weighted by molar-refractivity contribution is 5.95. The van der Waals surface area contributed by atoms with Gasteiger partial charge in [0.05, 0.1) is 12.0 Å². The zero-order valence-electron chi connectivity index (χ0n) is 16.4. The fourth-order valence-corrected chi connectivity index (χ4v) is 4.11. The summed E-state index contributed by atoms with van der Waals surface area (Å²) in [6.07, 6.45) is 9.40. The molecule has 0 saturated heterocycles. The lowest BCUT2D eigenvalue weighted by atomic mass is 9.83. The van der Waals surface area contributed by atoms with E-state index in [2.05, 4.69) is 16.7 Å². The van der Waals surface area contributed by atoms with Gasteiger partial charge >= 0.3 is 0 Å². The van der Waals surface area contributed by atoms with Crippen molar-refractivity contribution < 1.29 is 9.59 Å². The number of rotatable bonds is 6. The largest absolute Gasteiger partial charge is 0.349 e. The molecule has 4 rings (SSSR count). The topological polar surface area (TPSA) is 86.9 Å². The van der Waals surface area contributed by atoms with Crippen LogP contribution in [0, 0.1) is 23.2 Å². The third-order valence-corrected chi connectivity index (χ3v) is 5.98. The molecule has 1 heterocycles. The van der Waals surface area contributed by atoms with Crippen molar-refractivity contribution in [1.29, 1.82) is 5.26 Å². The number of nitrogens with one attached hydrogen (secondary N) is 2. The first-order valence-corrected chi connectivity index (χ1v) is 10.4. The summed E-state index contributed by atoms with van der Waals surface area (Å²) < 4.78 is 1.98. The van der Waals surface area contributed by atoms with Gasteiger partial charge in [-0.15, -0.1) is 0 Å². The molecule has 0 spiro atoms. The van der Waals surface area contributed by atoms with E-state index in [9.17, 15) is 14.9 Å². The Kier molecular flexibility index (Phi) is 5.66. The monoisotopic (exact) mass is 390 g/mol. The van der Waals surface area contributed by atoms with Crippen LogP contribution in [0.15, 0.2) is 48.8 Å². The van der Waals surface area contributed by atoms with E-state index in [4.69, 9.17) is 0 Å². The van der Waals surface area contributed by atoms with Crippen molar-refractivity contribution in [1.82, 2.24) is 15.2 Å². The number of amides is 2. The van der Waals surface area contributed by atoms with Crippen LogP contribution in [0.5, 0.6) is 0 Å². The average Bonchev–Trinajstić information content (AvgIpc) is 3.45. The van der Waals surface area contributed by atoms with E-state index < -0.39 is 6.04 Å². The van der Waals surface area contributed by atoms with E-state index in [1.807, 2.05) is 41.2 Å². The molecule has 0 bridgehead atoms. The van der Waals surface area contributed by atoms with Crippen LogP contribution in [0.3, 0.4) is 0 Å². The van der Waals surface area contributed by atoms with Gasteiger partial charge in [0.25, 0.3) is 5.91 Å². The van der Waals surface area contributed by atoms with Gasteiger partial charge in [-0.2, -0.15) is 5.26 Å². The molecule has 2 amide bonds. The van der Waals surface area contributed by atoms with Gasteiger partial charge in [-0.1, -0.05) is 12.8 Å². The molecule has 29 heavy (non-hydrogen) atoms. The predicted octanol–water partition coefficient (Wildman–Crippen LogP) is 3.18. The Labute approximate surface area is 170 Å². The summed E-state index contributed by atoms with van der Waals surface area (Å²) in [6, 6.07) is 13.0. The Bertz CT molecular complexity index is 894. The zero-order valence-corrected chi connectivity index (χ0v) is 16.4. The molecule has 0 aliphatic heterocycles. The molecule has 3 atom stereocenters. The number of carbonyl (C=O) groups is 2. The Morgan fingerprint density at radius 3 is 2.38 bits per heavy atom. The van der Waals surface area contributed by atoms with Gasteiger partial charge in [0.2, 0.25) is 5.91 Å². The van der Waals surface area contributed by atoms with E-state index in [1.54, 1.807) is 12.1 Å². The van der Waals surface area contributed by atoms with Crippen molar-refractivity contribution in [2.45, 2.75) is 50.6 Å². The number of hydrogen-bond donors (Lipinski definition) is 2. The third kappa shape index (κ3) is 4.51. The minimum atomic E-state index is -0.401. The molecule has 2 fully saturated rings. The summed E-state index contributed by atoms with van der Waals surface area (Å²) in [4.78, 5) is 25.6. The van der Waals surface area contributed by atoms with Gasteiger partial charge in [0, 0.05) is 29.7 Å². The predicted molar refractivity (Wildman–Crippen MR) is 109 cm³/mol. The van der Waals surface area contributed by atoms with Crippen molar-refractivity contribution in [3.63, 3.8) is 0 Å². The van der Waals surface area contributed by atoms with Crippen LogP contribution in [0.2, 0.25) is 0 Å². The van der Waals surface area contributed by atoms with E-state index in [-0.39, 0.29) is 23.8 Å². The highest BCUT2D eigenvalue weighted by atomic mass is 16.2. The van der Waals surface area contributed by atoms with E-state index >= 15 is 0 Å². The molecule has 2 N–H and O–H groups in total. The van der Waals surface area contributed by atoms with Gasteiger partial charge in [0.15, 0.2) is 0 Å². The second-order valence-corrected chi connectivity index (χ2v) is 8.06. The third-order valence-electron chi connectivity index (χ3n) is 5.98. The van der Waals surface area contributed by atoms with Crippen molar-refractivity contribution in [2.75, 3.05) is 0 Å². The SMILES string of the molecule is N#CC(NC(=O)[C@@H]1CCCC[C@@H]1NC(=O)c1ccc(-n2cccc2)cc1)C1CC1. The summed E-state index contributed by atoms with van der Waals surface area (Å²) in [6.45, 7) is 0. The summed E-state index contributed by atoms with van der Waals surface area (Å²) in [5.74, 6) is -0.245. The molecule has 6 heteroatoms. The zero-order chi connectivity index (χ0) is 20.2. The maximum absolute atomic E-state index is 12.8. The maximum atomic E-state index is 12.8. The lowest BCUT2D eigenvalue weighted by Crippen LogP contribution is -2.50. The van der Waals surface area contributed by atoms with Gasteiger partial charge < -0.3 is 15.2 Å². The molecule has 2 aliphatic rings. The second-order valence-electron chi connectivity index (χ2n) is 8.06. The Hall–Kier alpha value is -3.07. The molecular formula is C23H26N4O2. The number of aromatic nitrogens is 1. The Balaban J connectivity index is 1.40. The lowest BCUT2D eigenvalue weighted by Gasteiger charge is -2.32. The first-order valence-electron chi connectivity index (χ1n) is 10.4. The Morgan fingerprint density at radius 1 is 1.03 bits per heavy atom. The van der Waals surface area contributed by atoms with Gasteiger partial charge in [-0.3, -0.25) is 9.59 Å². The maximum Gasteiger partial charge on any atom is 0.251 e. The highest BCUT2D eigenvalue weighted by Crippen LogP contribution is 2.33. The molecule has 2 aliphatic carbocycles. The second kappa shape index (κ2) is 8.52. The molecule has 2 saturated carbocycles. The lowest BCUT2D eigenvalue weighted by molar-refractivity contribution is -0.127. The van der Waals surface area contributed by atoms with Crippen molar-refractivity contribution in [2.24, 2.45) is 11.8 Å². The number of nitrogens with zero attached hydrogens (tertiary/aromatic N) is 2. The fourth-order valence-electron chi connectivity index (χ4n) is 4.11. The number of hydrogen-bond acceptors (Lipinski definition) is 3. The summed E-state index contributed by atoms with van der Waals surface area (Å²) >= 11 is 0. The number of nitriles is 1. The normalized spacial score (nSPS) is 22.3. The van der Waals surface area contributed by atoms with Crippen LogP contribution in [0.1, 0.15) is 48.9 Å². The van der Waals surface area contributed by atoms with Crippen LogP contribution in [-0.4, -0.2) is 28.5 Å². The van der Waals surface area contributed by atoms with Gasteiger partial charge in [0.1, 0.15) is 6.04 Å². The molecule has 1 aromatic heterocycles. The Morgan fingerprint density at radius 2 is 1.72 bits per heavy atom. The summed E-state index contributed by atoms with van der Waals surface area (Å²) in [5.41, 5.74) is 1.57. The molecule has 150 valence electrons. The van der Waals surface area contributed by atoms with Gasteiger partial charge in [-0.25, -0.2) is 0 Å². The minimum absolute atomic E-state index is 0.101. The van der Waals surface area contributed by atoms with E-state index in [0.717, 1.165) is 44.2 Å². The average molecular weight is 390 g/mol. The quantitative estimate of drug-likeness (QED) is 0.794. The molecule has 2 aromatic rings. The first kappa shape index (κ1) is 19.3. The first-order chi connectivity index (χ1) is 14.2. The molecule has 1 aromatic carbocycles. The van der Waals surface area contributed by atoms with Crippen LogP contribution in [0.4, 0.5) is 0 Å². The van der Waals surface area contributed by atoms with Gasteiger partial charge in [-0.05, 0) is 68.0 Å². The summed E-state index contributed by atoms with van der Waals surface area (Å²) in [7, 11) is 0. The van der Waals surface area contributed by atoms with Crippen LogP contribution >= 0.6 is 0 Å². The summed E-state index contributed by atoms with van der Waals surface area (Å²) in [5, 5.41) is 15.3. The van der Waals surface area contributed by atoms with Crippen molar-refractivity contribution >= 4 is 11.8 Å². The standard InChI is InChI=1S/C23H26N4O2/c24-15-21(16-7-8-16)26-23(29)19-5-1-2-6-20(19)25-22(28)17-9-11-18(12-10-17)27-13-3-4-14-27/h3-4,9-14,16,19-21H,1-2,5-8H2,(H,25,28)(H,26,29)/t19-,20+,21?/m1/s1. The fraction of sp³-hybridized carbons (Fsp3) is 0.435. The highest BCUT2D eigenvalue weighted by Gasteiger charge is 2.37. The smallest absolute Gasteiger partial charge is 0.251 e. The van der Waals surface area contributed by atoms with E-state index in [1.165, 1.54) is 0 Å². The van der Waals surface area contributed by atoms with Crippen molar-refractivity contribution in [3.8, 4) is 11.8 Å². The molecule has 1 unspecified atom stereocenters. The minimum Gasteiger partial charge on any atom is -0.349 e. The van der Waals surface area contributed by atoms with Crippen LogP contribution < -0.4 is 10.6 Å². The molecule has 6 nitrogen and oxygen atoms in total. The molecule has 0 radical (unpaired) electrons. The van der Waals surface area contributed by atoms with Crippen molar-refractivity contribution in [3.05, 3.63) is 54.4 Å². The molecular weight excluding hydrogens is 364 g/mol. The number of carbonyl (C=O) groups excluding carboxylic acids is 2. The van der Waals surface area contributed by atoms with E-state index in [0.29, 0.717) is 11.5 Å². The van der Waals surface area contributed by atoms with Crippen LogP contribution in [-0.2, 0) is 4.79 Å². The number of benzene rings is 1. The van der Waals surface area contributed by atoms with Crippen LogP contribution in [0.25, 0.3) is 5.69 Å².